The number of carbonyl (C=O) groups excluding carboxylic acids is 1. The molecular weight excluding hydrogens is 585 g/mol. The number of carboxylic acid groups (broad SMARTS) is 1. The Morgan fingerprint density at radius 1 is 0.705 bits per heavy atom. The number of hydrogen-bond acceptors (Lipinski definition) is 8. The highest BCUT2D eigenvalue weighted by Gasteiger charge is 2.27. The van der Waals surface area contributed by atoms with Gasteiger partial charge in [0.25, 0.3) is 0 Å². The van der Waals surface area contributed by atoms with Crippen LogP contribution in [0.15, 0.2) is 12.2 Å². The van der Waals surface area contributed by atoms with E-state index < -0.39 is 45.1 Å². The summed E-state index contributed by atoms with van der Waals surface area (Å²) in [7, 11) is -4.60. The lowest BCUT2D eigenvalue weighted by molar-refractivity contribution is -0.154. The lowest BCUT2D eigenvalue weighted by Gasteiger charge is -2.20. The largest absolute Gasteiger partial charge is 0.480 e. The first-order chi connectivity index (χ1) is 21.2. The fraction of sp³-hybridized carbons (Fsp3) is 0.879. The number of phosphoric ester groups is 1. The minimum atomic E-state index is -4.60. The molecule has 3 unspecified atom stereocenters. The van der Waals surface area contributed by atoms with Crippen molar-refractivity contribution in [3.05, 3.63) is 12.2 Å². The maximum Gasteiger partial charge on any atom is 0.472 e. The zero-order valence-electron chi connectivity index (χ0n) is 27.8. The van der Waals surface area contributed by atoms with E-state index in [-0.39, 0.29) is 13.0 Å². The molecule has 0 aliphatic carbocycles. The van der Waals surface area contributed by atoms with Crippen LogP contribution in [-0.4, -0.2) is 60.5 Å². The van der Waals surface area contributed by atoms with E-state index in [4.69, 9.17) is 24.8 Å². The molecule has 0 bridgehead atoms. The van der Waals surface area contributed by atoms with Gasteiger partial charge in [-0.2, -0.15) is 0 Å². The first-order valence-electron chi connectivity index (χ1n) is 17.2. The number of unbranched alkanes of at least 4 members (excludes halogenated alkanes) is 17. The molecule has 3 atom stereocenters. The number of carbonyl (C=O) groups is 2. The van der Waals surface area contributed by atoms with Gasteiger partial charge in [0.1, 0.15) is 12.1 Å². The maximum atomic E-state index is 12.5. The average molecular weight is 650 g/mol. The first-order valence-corrected chi connectivity index (χ1v) is 18.7. The Labute approximate surface area is 267 Å². The minimum Gasteiger partial charge on any atom is -0.480 e. The Morgan fingerprint density at radius 2 is 1.20 bits per heavy atom. The number of hydrogen-bond donors (Lipinski definition) is 3. The summed E-state index contributed by atoms with van der Waals surface area (Å²) in [6.07, 6.45) is 26.9. The Kier molecular flexibility index (Phi) is 29.5. The van der Waals surface area contributed by atoms with Crippen molar-refractivity contribution in [3.8, 4) is 0 Å². The van der Waals surface area contributed by atoms with Crippen molar-refractivity contribution in [2.45, 2.75) is 161 Å². The van der Waals surface area contributed by atoms with Gasteiger partial charge in [-0.15, -0.1) is 0 Å². The van der Waals surface area contributed by atoms with Crippen LogP contribution in [0, 0.1) is 0 Å². The molecule has 0 aliphatic rings. The third-order valence-electron chi connectivity index (χ3n) is 7.29. The first kappa shape index (κ1) is 42.7. The van der Waals surface area contributed by atoms with Crippen molar-refractivity contribution < 1.29 is 42.7 Å². The van der Waals surface area contributed by atoms with Crippen LogP contribution in [0.25, 0.3) is 0 Å². The number of esters is 1. The molecule has 0 aromatic heterocycles. The molecule has 44 heavy (non-hydrogen) atoms. The van der Waals surface area contributed by atoms with E-state index in [1.165, 1.54) is 64.2 Å². The van der Waals surface area contributed by atoms with E-state index in [0.717, 1.165) is 57.8 Å². The van der Waals surface area contributed by atoms with Crippen molar-refractivity contribution in [1.29, 1.82) is 0 Å². The van der Waals surface area contributed by atoms with E-state index in [0.29, 0.717) is 13.0 Å². The van der Waals surface area contributed by atoms with Crippen LogP contribution in [0.3, 0.4) is 0 Å². The Bertz CT molecular complexity index is 766. The van der Waals surface area contributed by atoms with E-state index >= 15 is 0 Å². The highest BCUT2D eigenvalue weighted by molar-refractivity contribution is 7.47. The Hall–Kier alpha value is -1.29. The van der Waals surface area contributed by atoms with Crippen molar-refractivity contribution >= 4 is 19.8 Å². The fourth-order valence-electron chi connectivity index (χ4n) is 4.52. The van der Waals surface area contributed by atoms with Gasteiger partial charge >= 0.3 is 19.8 Å². The van der Waals surface area contributed by atoms with Crippen LogP contribution in [0.5, 0.6) is 0 Å². The second kappa shape index (κ2) is 30.4. The summed E-state index contributed by atoms with van der Waals surface area (Å²) in [6, 6.07) is -1.47. The molecule has 0 saturated carbocycles. The summed E-state index contributed by atoms with van der Waals surface area (Å²) < 4.78 is 33.0. The number of aliphatic carboxylic acids is 1. The van der Waals surface area contributed by atoms with Gasteiger partial charge in [-0.25, -0.2) is 4.57 Å². The molecule has 11 heteroatoms. The number of ether oxygens (including phenoxy) is 2. The fourth-order valence-corrected chi connectivity index (χ4v) is 5.30. The summed E-state index contributed by atoms with van der Waals surface area (Å²) in [5.41, 5.74) is 5.32. The van der Waals surface area contributed by atoms with Crippen LogP contribution in [0.4, 0.5) is 0 Å². The lowest BCUT2D eigenvalue weighted by atomic mass is 10.1. The number of carboxylic acids is 1. The summed E-state index contributed by atoms with van der Waals surface area (Å²) in [4.78, 5) is 33.2. The second-order valence-corrected chi connectivity index (χ2v) is 13.1. The quantitative estimate of drug-likeness (QED) is 0.0274. The van der Waals surface area contributed by atoms with Gasteiger partial charge in [-0.3, -0.25) is 18.6 Å². The van der Waals surface area contributed by atoms with Crippen LogP contribution < -0.4 is 5.73 Å². The van der Waals surface area contributed by atoms with Crippen LogP contribution in [0.2, 0.25) is 0 Å². The highest BCUT2D eigenvalue weighted by Crippen LogP contribution is 2.43. The monoisotopic (exact) mass is 649 g/mol. The summed E-state index contributed by atoms with van der Waals surface area (Å²) in [6.45, 7) is 3.81. The van der Waals surface area contributed by atoms with E-state index in [1.807, 2.05) is 0 Å². The zero-order valence-corrected chi connectivity index (χ0v) is 28.7. The third-order valence-corrected chi connectivity index (χ3v) is 8.25. The summed E-state index contributed by atoms with van der Waals surface area (Å²) >= 11 is 0. The predicted molar refractivity (Wildman–Crippen MR) is 175 cm³/mol. The van der Waals surface area contributed by atoms with Gasteiger partial charge in [0, 0.05) is 13.0 Å². The molecule has 10 nitrogen and oxygen atoms in total. The van der Waals surface area contributed by atoms with Gasteiger partial charge in [0.05, 0.1) is 19.8 Å². The van der Waals surface area contributed by atoms with E-state index in [1.54, 1.807) is 0 Å². The van der Waals surface area contributed by atoms with Crippen molar-refractivity contribution in [3.63, 3.8) is 0 Å². The lowest BCUT2D eigenvalue weighted by Crippen LogP contribution is -2.34. The molecule has 0 spiro atoms. The molecule has 0 amide bonds. The molecular formula is C33H64NO9P. The summed E-state index contributed by atoms with van der Waals surface area (Å²) in [5, 5.41) is 8.83. The average Bonchev–Trinajstić information content (AvgIpc) is 2.99. The second-order valence-electron chi connectivity index (χ2n) is 11.6. The molecule has 4 N–H and O–H groups in total. The van der Waals surface area contributed by atoms with Crippen LogP contribution >= 0.6 is 7.82 Å². The summed E-state index contributed by atoms with van der Waals surface area (Å²) in [5.74, 6) is -1.79. The number of rotatable bonds is 33. The SMILES string of the molecule is CCCC/C=C\CCCCCCCC(=O)OC(COCCCCCCCCCCCCC)COP(=O)(O)OCC(N)C(=O)O. The van der Waals surface area contributed by atoms with Gasteiger partial charge in [-0.1, -0.05) is 122 Å². The highest BCUT2D eigenvalue weighted by atomic mass is 31.2. The molecule has 0 rings (SSSR count). The van der Waals surface area contributed by atoms with Gasteiger partial charge in [0.15, 0.2) is 0 Å². The number of nitrogens with two attached hydrogens (primary N) is 1. The predicted octanol–water partition coefficient (Wildman–Crippen LogP) is 8.25. The van der Waals surface area contributed by atoms with E-state index in [9.17, 15) is 19.0 Å². The molecule has 0 fully saturated rings. The smallest absolute Gasteiger partial charge is 0.472 e. The van der Waals surface area contributed by atoms with Crippen LogP contribution in [0.1, 0.15) is 149 Å². The third kappa shape index (κ3) is 29.4. The Balaban J connectivity index is 4.36. The van der Waals surface area contributed by atoms with Crippen molar-refractivity contribution in [2.75, 3.05) is 26.4 Å². The van der Waals surface area contributed by atoms with Gasteiger partial charge < -0.3 is 25.2 Å². The van der Waals surface area contributed by atoms with Gasteiger partial charge in [0.2, 0.25) is 0 Å². The van der Waals surface area contributed by atoms with Crippen molar-refractivity contribution in [2.24, 2.45) is 5.73 Å². The Morgan fingerprint density at radius 3 is 1.80 bits per heavy atom. The molecule has 0 radical (unpaired) electrons. The van der Waals surface area contributed by atoms with Gasteiger partial charge in [-0.05, 0) is 32.1 Å². The normalized spacial score (nSPS) is 14.5. The molecule has 260 valence electrons. The van der Waals surface area contributed by atoms with Crippen molar-refractivity contribution in [1.82, 2.24) is 0 Å². The molecule has 0 saturated heterocycles. The molecule has 0 aromatic rings. The molecule has 0 aromatic carbocycles. The maximum absolute atomic E-state index is 12.5. The number of phosphoric acid groups is 1. The zero-order chi connectivity index (χ0) is 32.7. The van der Waals surface area contributed by atoms with Crippen LogP contribution in [-0.2, 0) is 32.7 Å². The topological polar surface area (TPSA) is 155 Å². The van der Waals surface area contributed by atoms with E-state index in [2.05, 4.69) is 30.5 Å². The molecule has 0 aliphatic heterocycles. The molecule has 0 heterocycles. The minimum absolute atomic E-state index is 0.0178. The number of allylic oxidation sites excluding steroid dienone is 2. The standard InChI is InChI=1S/C33H64NO9P/c1-3-5-7-9-11-13-15-17-19-21-23-25-32(35)43-30(28-41-44(38,39)42-29-31(34)33(36)37)27-40-26-24-22-20-18-16-14-12-10-8-6-4-2/h9,11,30-31H,3-8,10,12-29,34H2,1-2H3,(H,36,37)(H,38,39)/b11-9-.